The molecule has 2 aliphatic heterocycles. The molecule has 2 fully saturated rings. The molecule has 0 bridgehead atoms. The first-order valence-electron chi connectivity index (χ1n) is 3.93. The highest BCUT2D eigenvalue weighted by atomic mass is 35.5. The largest absolute Gasteiger partial charge is 0.333 e. The van der Waals surface area contributed by atoms with Crippen LogP contribution >= 0.6 is 11.6 Å². The van der Waals surface area contributed by atoms with Gasteiger partial charge < -0.3 is 5.32 Å². The summed E-state index contributed by atoms with van der Waals surface area (Å²) in [5.41, 5.74) is 5.19. The van der Waals surface area contributed by atoms with Crippen LogP contribution in [0.2, 0.25) is 0 Å². The Balaban J connectivity index is 2.10. The normalized spacial score (nSPS) is 39.0. The number of amides is 3. The number of halogens is 1. The van der Waals surface area contributed by atoms with Crippen molar-refractivity contribution >= 4 is 23.5 Å². The minimum absolute atomic E-state index is 0.231. The van der Waals surface area contributed by atoms with Gasteiger partial charge in [0.2, 0.25) is 5.91 Å². The van der Waals surface area contributed by atoms with Gasteiger partial charge in [-0.15, -0.1) is 11.6 Å². The van der Waals surface area contributed by atoms with E-state index in [1.165, 1.54) is 0 Å². The van der Waals surface area contributed by atoms with E-state index in [-0.39, 0.29) is 17.5 Å². The minimum atomic E-state index is -0.459. The number of carbonyl (C=O) groups excluding carboxylic acids is 2. The summed E-state index contributed by atoms with van der Waals surface area (Å²) in [6, 6.07) is -1.13. The van der Waals surface area contributed by atoms with Crippen LogP contribution in [0.5, 0.6) is 0 Å². The molecule has 3 amide bonds. The third kappa shape index (κ3) is 1.60. The van der Waals surface area contributed by atoms with Crippen LogP contribution in [-0.2, 0) is 4.79 Å². The second-order valence-corrected chi connectivity index (χ2v) is 3.57. The summed E-state index contributed by atoms with van der Waals surface area (Å²) in [4.78, 5) is 22.1. The van der Waals surface area contributed by atoms with Crippen molar-refractivity contribution in [1.29, 1.82) is 0 Å². The maximum Gasteiger partial charge on any atom is 0.321 e. The van der Waals surface area contributed by atoms with Crippen LogP contribution in [0.1, 0.15) is 6.42 Å². The van der Waals surface area contributed by atoms with Gasteiger partial charge in [0.1, 0.15) is 6.04 Å². The zero-order valence-corrected chi connectivity index (χ0v) is 7.39. The van der Waals surface area contributed by atoms with E-state index in [1.54, 1.807) is 0 Å². The fourth-order valence-corrected chi connectivity index (χ4v) is 1.74. The van der Waals surface area contributed by atoms with E-state index in [4.69, 9.17) is 11.6 Å². The van der Waals surface area contributed by atoms with E-state index < -0.39 is 12.1 Å². The summed E-state index contributed by atoms with van der Waals surface area (Å²) in [5, 5.41) is 4.78. The molecule has 3 atom stereocenters. The van der Waals surface area contributed by atoms with E-state index in [1.807, 2.05) is 0 Å². The first-order valence-corrected chi connectivity index (χ1v) is 4.37. The molecule has 7 heteroatoms. The fourth-order valence-electron chi connectivity index (χ4n) is 1.48. The lowest BCUT2D eigenvalue weighted by molar-refractivity contribution is -0.124. The van der Waals surface area contributed by atoms with E-state index in [0.717, 1.165) is 0 Å². The van der Waals surface area contributed by atoms with Crippen molar-refractivity contribution in [1.82, 2.24) is 21.5 Å². The molecule has 2 saturated heterocycles. The average molecular weight is 205 g/mol. The Hall–Kier alpha value is -0.850. The molecule has 0 aromatic rings. The van der Waals surface area contributed by atoms with Crippen LogP contribution in [0, 0.1) is 0 Å². The molecule has 0 spiro atoms. The second-order valence-electron chi connectivity index (χ2n) is 3.04. The van der Waals surface area contributed by atoms with Gasteiger partial charge in [0.05, 0.1) is 11.5 Å². The fraction of sp³-hybridized carbons (Fsp3) is 0.667. The van der Waals surface area contributed by atoms with E-state index in [2.05, 4.69) is 21.5 Å². The quantitative estimate of drug-likeness (QED) is 0.290. The van der Waals surface area contributed by atoms with Crippen LogP contribution in [-0.4, -0.2) is 29.5 Å². The number of nitrogens with one attached hydrogen (secondary N) is 4. The maximum atomic E-state index is 11.2. The van der Waals surface area contributed by atoms with Crippen molar-refractivity contribution in [2.45, 2.75) is 24.0 Å². The predicted molar refractivity (Wildman–Crippen MR) is 44.8 cm³/mol. The third-order valence-corrected chi connectivity index (χ3v) is 2.38. The summed E-state index contributed by atoms with van der Waals surface area (Å²) in [6.07, 6.45) is 0.526. The van der Waals surface area contributed by atoms with Gasteiger partial charge in [0, 0.05) is 6.42 Å². The number of rotatable bonds is 0. The summed E-state index contributed by atoms with van der Waals surface area (Å²) < 4.78 is 0. The molecule has 6 nitrogen and oxygen atoms in total. The number of urea groups is 1. The summed E-state index contributed by atoms with van der Waals surface area (Å²) in [6.45, 7) is 0. The molecule has 72 valence electrons. The first-order chi connectivity index (χ1) is 6.16. The number of hydrogen-bond acceptors (Lipinski definition) is 4. The van der Waals surface area contributed by atoms with Gasteiger partial charge in [-0.3, -0.25) is 10.1 Å². The van der Waals surface area contributed by atoms with Gasteiger partial charge in [-0.25, -0.2) is 15.6 Å². The predicted octanol–water partition coefficient (Wildman–Crippen LogP) is -1.37. The number of hydrazine groups is 1. The smallest absolute Gasteiger partial charge is 0.321 e. The molecule has 4 N–H and O–H groups in total. The van der Waals surface area contributed by atoms with Gasteiger partial charge in [-0.2, -0.15) is 0 Å². The molecule has 2 rings (SSSR count). The highest BCUT2D eigenvalue weighted by molar-refractivity contribution is 6.20. The Bertz CT molecular complexity index is 259. The molecule has 2 heterocycles. The molecule has 2 aliphatic rings. The summed E-state index contributed by atoms with van der Waals surface area (Å²) in [7, 11) is 0. The maximum absolute atomic E-state index is 11.2. The minimum Gasteiger partial charge on any atom is -0.333 e. The van der Waals surface area contributed by atoms with Crippen molar-refractivity contribution in [2.24, 2.45) is 0 Å². The van der Waals surface area contributed by atoms with Crippen molar-refractivity contribution < 1.29 is 9.59 Å². The Morgan fingerprint density at radius 2 is 2.08 bits per heavy atom. The van der Waals surface area contributed by atoms with Gasteiger partial charge >= 0.3 is 6.03 Å². The molecule has 0 aliphatic carbocycles. The van der Waals surface area contributed by atoms with Gasteiger partial charge in [-0.1, -0.05) is 0 Å². The van der Waals surface area contributed by atoms with Crippen molar-refractivity contribution in [2.75, 3.05) is 0 Å². The lowest BCUT2D eigenvalue weighted by atomic mass is 10.0. The molecule has 3 unspecified atom stereocenters. The number of imide groups is 1. The summed E-state index contributed by atoms with van der Waals surface area (Å²) in [5.74, 6) is -0.329. The summed E-state index contributed by atoms with van der Waals surface area (Å²) >= 11 is 5.78. The lowest BCUT2D eigenvalue weighted by Gasteiger charge is -2.37. The Labute approximate surface area is 79.3 Å². The van der Waals surface area contributed by atoms with E-state index in [0.29, 0.717) is 6.42 Å². The highest BCUT2D eigenvalue weighted by Crippen LogP contribution is 2.13. The number of alkyl halides is 1. The molecule has 0 aromatic carbocycles. The monoisotopic (exact) mass is 204 g/mol. The van der Waals surface area contributed by atoms with Crippen molar-refractivity contribution in [3.63, 3.8) is 0 Å². The molecule has 0 radical (unpaired) electrons. The van der Waals surface area contributed by atoms with E-state index >= 15 is 0 Å². The Kier molecular flexibility index (Phi) is 2.10. The topological polar surface area (TPSA) is 82.3 Å². The second kappa shape index (κ2) is 3.13. The molecule has 13 heavy (non-hydrogen) atoms. The van der Waals surface area contributed by atoms with Crippen LogP contribution in [0.3, 0.4) is 0 Å². The number of hydrogen-bond donors (Lipinski definition) is 4. The van der Waals surface area contributed by atoms with Gasteiger partial charge in [-0.05, 0) is 0 Å². The third-order valence-electron chi connectivity index (χ3n) is 2.09. The zero-order chi connectivity index (χ0) is 9.42. The average Bonchev–Trinajstić information content (AvgIpc) is 2.02. The van der Waals surface area contributed by atoms with Crippen LogP contribution in [0.15, 0.2) is 0 Å². The Morgan fingerprint density at radius 1 is 1.31 bits per heavy atom. The number of carbonyl (C=O) groups is 2. The van der Waals surface area contributed by atoms with E-state index in [9.17, 15) is 9.59 Å². The van der Waals surface area contributed by atoms with Crippen LogP contribution in [0.25, 0.3) is 0 Å². The number of fused-ring (bicyclic) bond motifs is 1. The zero-order valence-electron chi connectivity index (χ0n) is 6.63. The van der Waals surface area contributed by atoms with Crippen LogP contribution < -0.4 is 21.5 Å². The Morgan fingerprint density at radius 3 is 2.85 bits per heavy atom. The van der Waals surface area contributed by atoms with Crippen LogP contribution in [0.4, 0.5) is 4.79 Å². The highest BCUT2D eigenvalue weighted by Gasteiger charge is 2.39. The molecular weight excluding hydrogens is 196 g/mol. The lowest BCUT2D eigenvalue weighted by Crippen LogP contribution is -2.71. The van der Waals surface area contributed by atoms with Gasteiger partial charge in [0.25, 0.3) is 0 Å². The molecular formula is C6H9ClN4O2. The van der Waals surface area contributed by atoms with Gasteiger partial charge in [0.15, 0.2) is 0 Å². The van der Waals surface area contributed by atoms with Crippen molar-refractivity contribution in [3.05, 3.63) is 0 Å². The molecule has 0 saturated carbocycles. The standard InChI is InChI=1S/C6H9ClN4O2/c7-3-1-2-4(11-10-3)5(12)9-6(13)8-2/h2-4,10-11H,1H2,(H2,8,9,12,13). The SMILES string of the molecule is O=C1NC(=O)C2NNC(Cl)CC2N1. The van der Waals surface area contributed by atoms with Crippen molar-refractivity contribution in [3.8, 4) is 0 Å². The molecule has 0 aromatic heterocycles. The first kappa shape index (κ1) is 8.74.